The van der Waals surface area contributed by atoms with E-state index in [1.807, 2.05) is 22.1 Å². The molecule has 2 aromatic heterocycles. The molecule has 7 nitrogen and oxygen atoms in total. The molecule has 0 spiro atoms. The number of imidazole rings is 1. The highest BCUT2D eigenvalue weighted by molar-refractivity contribution is 7.89. The molecule has 2 aromatic rings. The van der Waals surface area contributed by atoms with Crippen molar-refractivity contribution in [2.24, 2.45) is 0 Å². The molecule has 3 rings (SSSR count). The maximum Gasteiger partial charge on any atom is 0.271 e. The van der Waals surface area contributed by atoms with Crippen molar-refractivity contribution < 1.29 is 13.2 Å². The molecule has 0 saturated carbocycles. The number of rotatable bonds is 5. The molecule has 0 unspecified atom stereocenters. The van der Waals surface area contributed by atoms with E-state index in [4.69, 9.17) is 0 Å². The lowest BCUT2D eigenvalue weighted by atomic mass is 10.2. The highest BCUT2D eigenvalue weighted by Crippen LogP contribution is 2.27. The maximum absolute atomic E-state index is 12.3. The zero-order valence-corrected chi connectivity index (χ0v) is 15.2. The number of hydrogen-bond acceptors (Lipinski definition) is 5. The lowest BCUT2D eigenvalue weighted by Gasteiger charge is -2.32. The smallest absolute Gasteiger partial charge is 0.271 e. The largest absolute Gasteiger partial charge is 0.346 e. The molecule has 1 amide bonds. The highest BCUT2D eigenvalue weighted by atomic mass is 32.2. The first kappa shape index (κ1) is 17.1. The number of amides is 1. The molecular weight excluding hydrogens is 348 g/mol. The second kappa shape index (κ2) is 6.66. The van der Waals surface area contributed by atoms with Crippen LogP contribution in [0.25, 0.3) is 0 Å². The van der Waals surface area contributed by atoms with E-state index >= 15 is 0 Å². The first-order chi connectivity index (χ1) is 11.4. The third-order valence-electron chi connectivity index (χ3n) is 4.13. The van der Waals surface area contributed by atoms with Crippen LogP contribution in [0.2, 0.25) is 0 Å². The molecule has 0 fully saturated rings. The van der Waals surface area contributed by atoms with Crippen molar-refractivity contribution in [1.29, 1.82) is 0 Å². The number of carbonyl (C=O) groups excluding carboxylic acids is 1. The van der Waals surface area contributed by atoms with Gasteiger partial charge in [0.15, 0.2) is 0 Å². The fraction of sp³-hybridized carbons (Fsp3) is 0.467. The first-order valence-electron chi connectivity index (χ1n) is 7.79. The molecule has 1 aliphatic heterocycles. The van der Waals surface area contributed by atoms with E-state index < -0.39 is 10.0 Å². The Morgan fingerprint density at radius 1 is 1.46 bits per heavy atom. The summed E-state index contributed by atoms with van der Waals surface area (Å²) in [6, 6.07) is 3.52. The number of sulfonamides is 1. The van der Waals surface area contributed by atoms with E-state index in [0.717, 1.165) is 4.88 Å². The first-order valence-corrected chi connectivity index (χ1v) is 10.3. The van der Waals surface area contributed by atoms with E-state index in [-0.39, 0.29) is 17.7 Å². The third kappa shape index (κ3) is 3.24. The van der Waals surface area contributed by atoms with Gasteiger partial charge >= 0.3 is 0 Å². The van der Waals surface area contributed by atoms with Gasteiger partial charge in [-0.05, 0) is 25.3 Å². The molecule has 0 bridgehead atoms. The number of nitrogens with one attached hydrogen (secondary N) is 1. The van der Waals surface area contributed by atoms with Crippen LogP contribution < -0.4 is 5.32 Å². The van der Waals surface area contributed by atoms with Gasteiger partial charge in [-0.1, -0.05) is 6.07 Å². The van der Waals surface area contributed by atoms with Crippen LogP contribution in [0.15, 0.2) is 23.7 Å². The highest BCUT2D eigenvalue weighted by Gasteiger charge is 2.33. The van der Waals surface area contributed by atoms with Crippen LogP contribution in [0, 0.1) is 0 Å². The third-order valence-corrected chi connectivity index (χ3v) is 6.95. The summed E-state index contributed by atoms with van der Waals surface area (Å²) < 4.78 is 27.6. The average Bonchev–Trinajstić information content (AvgIpc) is 3.22. The Hall–Kier alpha value is -1.71. The van der Waals surface area contributed by atoms with Gasteiger partial charge in [-0.25, -0.2) is 13.4 Å². The number of thiophene rings is 1. The van der Waals surface area contributed by atoms with Crippen LogP contribution >= 0.6 is 11.3 Å². The predicted octanol–water partition coefficient (Wildman–Crippen LogP) is 1.60. The Morgan fingerprint density at radius 3 is 2.92 bits per heavy atom. The number of aromatic nitrogens is 2. The number of fused-ring (bicyclic) bond motifs is 1. The monoisotopic (exact) mass is 368 g/mol. The standard InChI is InChI=1S/C15H20N4O3S2/c1-3-24(21,22)19-7-6-18-10-13(17-14(18)11(19)2)15(20)16-9-12-5-4-8-23-12/h4-5,8,10-11H,3,6-7,9H2,1-2H3,(H,16,20)/t11-/m0/s1. The molecule has 0 aliphatic carbocycles. The maximum atomic E-state index is 12.3. The van der Waals surface area contributed by atoms with E-state index in [0.29, 0.717) is 31.2 Å². The molecule has 9 heteroatoms. The van der Waals surface area contributed by atoms with Crippen LogP contribution in [0.5, 0.6) is 0 Å². The molecule has 1 aliphatic rings. The Bertz CT molecular complexity index is 827. The summed E-state index contributed by atoms with van der Waals surface area (Å²) >= 11 is 1.58. The fourth-order valence-electron chi connectivity index (χ4n) is 2.80. The summed E-state index contributed by atoms with van der Waals surface area (Å²) in [5.41, 5.74) is 0.323. The molecule has 1 atom stereocenters. The summed E-state index contributed by atoms with van der Waals surface area (Å²) in [7, 11) is -3.28. The minimum Gasteiger partial charge on any atom is -0.346 e. The second-order valence-electron chi connectivity index (χ2n) is 5.63. The average molecular weight is 368 g/mol. The molecule has 0 aromatic carbocycles. The van der Waals surface area contributed by atoms with Gasteiger partial charge < -0.3 is 9.88 Å². The Balaban J connectivity index is 1.76. The normalized spacial score (nSPS) is 18.3. The molecule has 0 radical (unpaired) electrons. The Labute approximate surface area is 145 Å². The van der Waals surface area contributed by atoms with Crippen molar-refractivity contribution >= 4 is 27.3 Å². The zero-order chi connectivity index (χ0) is 17.3. The molecule has 130 valence electrons. The van der Waals surface area contributed by atoms with Gasteiger partial charge in [0.1, 0.15) is 11.5 Å². The van der Waals surface area contributed by atoms with Crippen molar-refractivity contribution in [3.63, 3.8) is 0 Å². The fourth-order valence-corrected chi connectivity index (χ4v) is 4.71. The lowest BCUT2D eigenvalue weighted by molar-refractivity contribution is 0.0946. The zero-order valence-electron chi connectivity index (χ0n) is 13.6. The summed E-state index contributed by atoms with van der Waals surface area (Å²) in [4.78, 5) is 17.7. The van der Waals surface area contributed by atoms with Crippen molar-refractivity contribution in [3.05, 3.63) is 40.1 Å². The van der Waals surface area contributed by atoms with Gasteiger partial charge in [-0.2, -0.15) is 4.31 Å². The minimum atomic E-state index is -3.28. The predicted molar refractivity (Wildman–Crippen MR) is 92.3 cm³/mol. The van der Waals surface area contributed by atoms with E-state index in [1.165, 1.54) is 4.31 Å². The summed E-state index contributed by atoms with van der Waals surface area (Å²) in [5.74, 6) is 0.425. The number of carbonyl (C=O) groups is 1. The topological polar surface area (TPSA) is 84.3 Å². The molecular formula is C15H20N4O3S2. The molecule has 24 heavy (non-hydrogen) atoms. The van der Waals surface area contributed by atoms with E-state index in [9.17, 15) is 13.2 Å². The van der Waals surface area contributed by atoms with Crippen molar-refractivity contribution in [1.82, 2.24) is 19.2 Å². The number of nitrogens with zero attached hydrogens (tertiary/aromatic N) is 3. The SMILES string of the molecule is CCS(=O)(=O)N1CCn2cc(C(=O)NCc3cccs3)nc2[C@@H]1C. The minimum absolute atomic E-state index is 0.0617. The van der Waals surface area contributed by atoms with Crippen LogP contribution in [-0.4, -0.2) is 40.5 Å². The summed E-state index contributed by atoms with van der Waals surface area (Å²) in [6.07, 6.45) is 1.70. The van der Waals surface area contributed by atoms with Crippen molar-refractivity contribution in [2.75, 3.05) is 12.3 Å². The lowest BCUT2D eigenvalue weighted by Crippen LogP contribution is -2.41. The molecule has 0 saturated heterocycles. The quantitative estimate of drug-likeness (QED) is 0.869. The van der Waals surface area contributed by atoms with Crippen molar-refractivity contribution in [2.45, 2.75) is 33.0 Å². The van der Waals surface area contributed by atoms with Crippen LogP contribution in [0.3, 0.4) is 0 Å². The van der Waals surface area contributed by atoms with Gasteiger partial charge in [-0.3, -0.25) is 4.79 Å². The second-order valence-corrected chi connectivity index (χ2v) is 8.87. The van der Waals surface area contributed by atoms with Crippen LogP contribution in [0.1, 0.15) is 41.1 Å². The van der Waals surface area contributed by atoms with Crippen molar-refractivity contribution in [3.8, 4) is 0 Å². The van der Waals surface area contributed by atoms with Gasteiger partial charge in [0.05, 0.1) is 18.3 Å². The van der Waals surface area contributed by atoms with Gasteiger partial charge in [0, 0.05) is 24.2 Å². The van der Waals surface area contributed by atoms with Crippen LogP contribution in [0.4, 0.5) is 0 Å². The van der Waals surface area contributed by atoms with Gasteiger partial charge in [0.25, 0.3) is 5.91 Å². The van der Waals surface area contributed by atoms with Crippen LogP contribution in [-0.2, 0) is 23.1 Å². The number of hydrogen-bond donors (Lipinski definition) is 1. The van der Waals surface area contributed by atoms with E-state index in [1.54, 1.807) is 31.4 Å². The molecule has 3 heterocycles. The Morgan fingerprint density at radius 2 is 2.25 bits per heavy atom. The summed E-state index contributed by atoms with van der Waals surface area (Å²) in [5, 5.41) is 4.80. The van der Waals surface area contributed by atoms with E-state index in [2.05, 4.69) is 10.3 Å². The Kier molecular flexibility index (Phi) is 4.75. The molecule has 1 N–H and O–H groups in total. The summed E-state index contributed by atoms with van der Waals surface area (Å²) in [6.45, 7) is 4.80. The van der Waals surface area contributed by atoms with Gasteiger partial charge in [0.2, 0.25) is 10.0 Å². The van der Waals surface area contributed by atoms with Gasteiger partial charge in [-0.15, -0.1) is 11.3 Å².